The lowest BCUT2D eigenvalue weighted by atomic mass is 10.1. The summed E-state index contributed by atoms with van der Waals surface area (Å²) in [6, 6.07) is 13.4. The van der Waals surface area contributed by atoms with E-state index in [9.17, 15) is 18.0 Å². The predicted octanol–water partition coefficient (Wildman–Crippen LogP) is 2.07. The van der Waals surface area contributed by atoms with Gasteiger partial charge in [0.25, 0.3) is 5.91 Å². The van der Waals surface area contributed by atoms with E-state index in [2.05, 4.69) is 15.5 Å². The van der Waals surface area contributed by atoms with Crippen molar-refractivity contribution >= 4 is 27.3 Å². The smallest absolute Gasteiger partial charge is 0.252 e. The summed E-state index contributed by atoms with van der Waals surface area (Å²) in [6.07, 6.45) is 0.393. The summed E-state index contributed by atoms with van der Waals surface area (Å²) in [6.45, 7) is 5.51. The van der Waals surface area contributed by atoms with Gasteiger partial charge in [0, 0.05) is 38.3 Å². The molecular formula is C23H29N3O5S. The van der Waals surface area contributed by atoms with Gasteiger partial charge >= 0.3 is 0 Å². The first-order chi connectivity index (χ1) is 15.4. The average Bonchev–Trinajstić information content (AvgIpc) is 2.82. The van der Waals surface area contributed by atoms with E-state index in [0.717, 1.165) is 18.7 Å². The first-order valence-corrected chi connectivity index (χ1v) is 12.3. The van der Waals surface area contributed by atoms with Crippen LogP contribution in [0.15, 0.2) is 53.4 Å². The molecule has 0 aromatic heterocycles. The number of carbonyl (C=O) groups is 2. The lowest BCUT2D eigenvalue weighted by molar-refractivity contribution is -0.116. The number of anilines is 1. The molecule has 0 spiro atoms. The summed E-state index contributed by atoms with van der Waals surface area (Å²) >= 11 is 0. The topological polar surface area (TPSA) is 105 Å². The van der Waals surface area contributed by atoms with Gasteiger partial charge in [-0.1, -0.05) is 31.2 Å². The van der Waals surface area contributed by atoms with Gasteiger partial charge in [0.2, 0.25) is 5.91 Å². The van der Waals surface area contributed by atoms with E-state index in [0.29, 0.717) is 31.9 Å². The summed E-state index contributed by atoms with van der Waals surface area (Å²) < 4.78 is 29.9. The molecule has 1 aliphatic heterocycles. The predicted molar refractivity (Wildman–Crippen MR) is 122 cm³/mol. The van der Waals surface area contributed by atoms with E-state index < -0.39 is 15.7 Å². The van der Waals surface area contributed by atoms with Crippen molar-refractivity contribution in [3.63, 3.8) is 0 Å². The second-order valence-corrected chi connectivity index (χ2v) is 9.78. The molecule has 172 valence electrons. The molecule has 1 aliphatic rings. The molecule has 1 saturated heterocycles. The maximum absolute atomic E-state index is 12.6. The van der Waals surface area contributed by atoms with Crippen LogP contribution in [0.4, 0.5) is 5.69 Å². The summed E-state index contributed by atoms with van der Waals surface area (Å²) in [5.41, 5.74) is 1.57. The third-order valence-electron chi connectivity index (χ3n) is 5.27. The third-order valence-corrected chi connectivity index (χ3v) is 7.06. The lowest BCUT2D eigenvalue weighted by Gasteiger charge is -2.26. The summed E-state index contributed by atoms with van der Waals surface area (Å²) in [5.74, 6) is -0.612. The van der Waals surface area contributed by atoms with E-state index in [1.165, 1.54) is 12.1 Å². The third kappa shape index (κ3) is 6.62. The van der Waals surface area contributed by atoms with Gasteiger partial charge in [-0.25, -0.2) is 8.42 Å². The fraction of sp³-hybridized carbons (Fsp3) is 0.391. The van der Waals surface area contributed by atoms with E-state index in [4.69, 9.17) is 4.74 Å². The lowest BCUT2D eigenvalue weighted by Crippen LogP contribution is -2.38. The van der Waals surface area contributed by atoms with Crippen LogP contribution in [0.3, 0.4) is 0 Å². The van der Waals surface area contributed by atoms with Gasteiger partial charge in [0.15, 0.2) is 9.84 Å². The van der Waals surface area contributed by atoms with Crippen molar-refractivity contribution < 1.29 is 22.7 Å². The minimum absolute atomic E-state index is 0.0290. The number of rotatable bonds is 9. The van der Waals surface area contributed by atoms with Crippen molar-refractivity contribution in [1.29, 1.82) is 0 Å². The maximum Gasteiger partial charge on any atom is 0.252 e. The molecule has 2 N–H and O–H groups in total. The molecule has 0 radical (unpaired) electrons. The molecule has 8 nitrogen and oxygen atoms in total. The van der Waals surface area contributed by atoms with Gasteiger partial charge in [0.1, 0.15) is 0 Å². The first-order valence-electron chi connectivity index (χ1n) is 10.7. The zero-order valence-electron chi connectivity index (χ0n) is 18.2. The minimum atomic E-state index is -3.51. The van der Waals surface area contributed by atoms with E-state index in [1.54, 1.807) is 37.3 Å². The molecule has 1 fully saturated rings. The molecule has 0 bridgehead atoms. The average molecular weight is 460 g/mol. The fourth-order valence-corrected chi connectivity index (χ4v) is 4.52. The standard InChI is InChI=1S/C23H29N3O5S/c1-2-32(29,30)21-9-4-3-8-20(21)23(28)24-17-18-6-5-7-19(16-18)25-22(27)10-11-26-12-14-31-15-13-26/h3-9,16H,2,10-15,17H2,1H3,(H,24,28)(H,25,27). The highest BCUT2D eigenvalue weighted by Crippen LogP contribution is 2.17. The maximum atomic E-state index is 12.6. The molecule has 2 aromatic carbocycles. The Morgan fingerprint density at radius 3 is 2.56 bits per heavy atom. The minimum Gasteiger partial charge on any atom is -0.379 e. The number of morpholine rings is 1. The molecule has 0 atom stereocenters. The van der Waals surface area contributed by atoms with Crippen LogP contribution in [-0.4, -0.2) is 63.7 Å². The van der Waals surface area contributed by atoms with Gasteiger partial charge < -0.3 is 15.4 Å². The van der Waals surface area contributed by atoms with Crippen LogP contribution in [0.2, 0.25) is 0 Å². The van der Waals surface area contributed by atoms with Crippen LogP contribution in [-0.2, 0) is 25.9 Å². The van der Waals surface area contributed by atoms with Crippen molar-refractivity contribution in [3.8, 4) is 0 Å². The van der Waals surface area contributed by atoms with Crippen molar-refractivity contribution in [2.45, 2.75) is 24.8 Å². The zero-order valence-corrected chi connectivity index (χ0v) is 19.0. The number of carbonyl (C=O) groups excluding carboxylic acids is 2. The highest BCUT2D eigenvalue weighted by Gasteiger charge is 2.20. The summed E-state index contributed by atoms with van der Waals surface area (Å²) in [7, 11) is -3.51. The molecule has 0 aliphatic carbocycles. The van der Waals surface area contributed by atoms with E-state index in [-0.39, 0.29) is 28.7 Å². The molecule has 9 heteroatoms. The number of hydrogen-bond donors (Lipinski definition) is 2. The molecular weight excluding hydrogens is 430 g/mol. The van der Waals surface area contributed by atoms with Crippen molar-refractivity contribution in [1.82, 2.24) is 10.2 Å². The van der Waals surface area contributed by atoms with Crippen LogP contribution in [0.1, 0.15) is 29.3 Å². The number of nitrogens with one attached hydrogen (secondary N) is 2. The van der Waals surface area contributed by atoms with Crippen LogP contribution in [0.25, 0.3) is 0 Å². The number of nitrogens with zero attached hydrogens (tertiary/aromatic N) is 1. The Bertz CT molecular complexity index is 1050. The molecule has 2 aromatic rings. The zero-order chi connectivity index (χ0) is 23.0. The molecule has 1 heterocycles. The van der Waals surface area contributed by atoms with Crippen LogP contribution in [0.5, 0.6) is 0 Å². The number of sulfone groups is 1. The molecule has 3 rings (SSSR count). The Morgan fingerprint density at radius 2 is 1.81 bits per heavy atom. The van der Waals surface area contributed by atoms with Gasteiger partial charge in [0.05, 0.1) is 29.4 Å². The Labute approximate surface area is 188 Å². The molecule has 2 amide bonds. The van der Waals surface area contributed by atoms with Gasteiger partial charge in [-0.05, 0) is 29.8 Å². The van der Waals surface area contributed by atoms with Gasteiger partial charge in [-0.15, -0.1) is 0 Å². The Balaban J connectivity index is 1.56. The monoisotopic (exact) mass is 459 g/mol. The van der Waals surface area contributed by atoms with Crippen molar-refractivity contribution in [3.05, 3.63) is 59.7 Å². The number of amides is 2. The second-order valence-electron chi connectivity index (χ2n) is 7.53. The molecule has 0 unspecified atom stereocenters. The van der Waals surface area contributed by atoms with Crippen LogP contribution >= 0.6 is 0 Å². The quantitative estimate of drug-likeness (QED) is 0.595. The molecule has 32 heavy (non-hydrogen) atoms. The van der Waals surface area contributed by atoms with Gasteiger partial charge in [-0.2, -0.15) is 0 Å². The highest BCUT2D eigenvalue weighted by molar-refractivity contribution is 7.91. The number of hydrogen-bond acceptors (Lipinski definition) is 6. The summed E-state index contributed by atoms with van der Waals surface area (Å²) in [4.78, 5) is 27.2. The largest absolute Gasteiger partial charge is 0.379 e. The van der Waals surface area contributed by atoms with Crippen LogP contribution in [0, 0.1) is 0 Å². The fourth-order valence-electron chi connectivity index (χ4n) is 3.43. The number of benzene rings is 2. The van der Waals surface area contributed by atoms with Crippen LogP contribution < -0.4 is 10.6 Å². The first kappa shape index (κ1) is 23.9. The normalized spacial score (nSPS) is 14.7. The van der Waals surface area contributed by atoms with Crippen molar-refractivity contribution in [2.24, 2.45) is 0 Å². The van der Waals surface area contributed by atoms with E-state index in [1.807, 2.05) is 6.07 Å². The summed E-state index contributed by atoms with van der Waals surface area (Å²) in [5, 5.41) is 5.65. The second kappa shape index (κ2) is 11.2. The van der Waals surface area contributed by atoms with Crippen molar-refractivity contribution in [2.75, 3.05) is 43.9 Å². The Morgan fingerprint density at radius 1 is 1.06 bits per heavy atom. The SMILES string of the molecule is CCS(=O)(=O)c1ccccc1C(=O)NCc1cccc(NC(=O)CCN2CCOCC2)c1. The Hall–Kier alpha value is -2.75. The highest BCUT2D eigenvalue weighted by atomic mass is 32.2. The van der Waals surface area contributed by atoms with Gasteiger partial charge in [-0.3, -0.25) is 14.5 Å². The van der Waals surface area contributed by atoms with E-state index >= 15 is 0 Å². The Kier molecular flexibility index (Phi) is 8.38. The number of ether oxygens (including phenoxy) is 1. The molecule has 0 saturated carbocycles.